The zero-order valence-corrected chi connectivity index (χ0v) is 12.0. The summed E-state index contributed by atoms with van der Waals surface area (Å²) in [6, 6.07) is 6.18. The largest absolute Gasteiger partial charge is 0.481 e. The molecule has 0 aliphatic heterocycles. The Morgan fingerprint density at radius 3 is 2.63 bits per heavy atom. The van der Waals surface area contributed by atoms with Crippen molar-refractivity contribution in [2.75, 3.05) is 0 Å². The number of carboxylic acids is 1. The molecule has 0 saturated heterocycles. The zero-order chi connectivity index (χ0) is 14.2. The van der Waals surface area contributed by atoms with Gasteiger partial charge in [0.2, 0.25) is 0 Å². The molecule has 4 nitrogen and oxygen atoms in total. The van der Waals surface area contributed by atoms with E-state index in [1.807, 2.05) is 0 Å². The van der Waals surface area contributed by atoms with Gasteiger partial charge >= 0.3 is 5.97 Å². The number of carboxylic acid groups (broad SMARTS) is 1. The van der Waals surface area contributed by atoms with Crippen LogP contribution in [0.25, 0.3) is 5.69 Å². The topological polar surface area (TPSA) is 55.1 Å². The predicted molar refractivity (Wildman–Crippen MR) is 71.9 cm³/mol. The fraction of sp³-hybridized carbons (Fsp3) is 0.231. The molecule has 0 fully saturated rings. The number of hydrogen-bond acceptors (Lipinski definition) is 2. The van der Waals surface area contributed by atoms with Gasteiger partial charge in [-0.3, -0.25) is 4.79 Å². The first-order valence-corrected chi connectivity index (χ1v) is 6.37. The van der Waals surface area contributed by atoms with Crippen LogP contribution in [0.2, 0.25) is 0 Å². The van der Waals surface area contributed by atoms with E-state index in [4.69, 9.17) is 0 Å². The van der Waals surface area contributed by atoms with Crippen LogP contribution in [-0.2, 0) is 10.2 Å². The van der Waals surface area contributed by atoms with Crippen molar-refractivity contribution in [3.8, 4) is 5.69 Å². The van der Waals surface area contributed by atoms with E-state index in [-0.39, 0.29) is 5.69 Å². The molecule has 0 atom stereocenters. The Balaban J connectivity index is 2.54. The summed E-state index contributed by atoms with van der Waals surface area (Å²) in [6.07, 6.45) is 1.55. The van der Waals surface area contributed by atoms with Crippen LogP contribution in [0, 0.1) is 5.82 Å². The van der Waals surface area contributed by atoms with Gasteiger partial charge in [-0.1, -0.05) is 12.1 Å². The first kappa shape index (κ1) is 13.7. The molecule has 0 spiro atoms. The summed E-state index contributed by atoms with van der Waals surface area (Å²) >= 11 is 3.27. The maximum absolute atomic E-state index is 13.7. The third kappa shape index (κ3) is 2.40. The van der Waals surface area contributed by atoms with Crippen LogP contribution >= 0.6 is 15.9 Å². The Labute approximate surface area is 118 Å². The lowest BCUT2D eigenvalue weighted by Crippen LogP contribution is -2.29. The van der Waals surface area contributed by atoms with Crippen molar-refractivity contribution in [2.45, 2.75) is 19.3 Å². The molecule has 1 heterocycles. The number of hydrogen-bond donors (Lipinski definition) is 1. The normalized spacial score (nSPS) is 11.6. The van der Waals surface area contributed by atoms with Gasteiger partial charge in [0.25, 0.3) is 0 Å². The SMILES string of the molecule is CC(C)(C(=O)O)c1nn(-c2ccccc2F)cc1Br. The minimum atomic E-state index is -1.16. The van der Waals surface area contributed by atoms with E-state index in [1.165, 1.54) is 10.7 Å². The second-order valence-electron chi connectivity index (χ2n) is 4.65. The molecule has 0 aliphatic rings. The lowest BCUT2D eigenvalue weighted by Gasteiger charge is -2.16. The van der Waals surface area contributed by atoms with Crippen LogP contribution in [0.3, 0.4) is 0 Å². The highest BCUT2D eigenvalue weighted by atomic mass is 79.9. The summed E-state index contributed by atoms with van der Waals surface area (Å²) in [7, 11) is 0. The van der Waals surface area contributed by atoms with Crippen LogP contribution in [0.1, 0.15) is 19.5 Å². The average Bonchev–Trinajstić information content (AvgIpc) is 2.72. The second kappa shape index (κ2) is 4.77. The molecule has 6 heteroatoms. The summed E-state index contributed by atoms with van der Waals surface area (Å²) < 4.78 is 15.5. The number of para-hydroxylation sites is 1. The van der Waals surface area contributed by atoms with Crippen molar-refractivity contribution in [3.05, 3.63) is 46.4 Å². The smallest absolute Gasteiger partial charge is 0.315 e. The number of rotatable bonds is 3. The van der Waals surface area contributed by atoms with E-state index in [0.29, 0.717) is 10.2 Å². The van der Waals surface area contributed by atoms with Gasteiger partial charge in [0.1, 0.15) is 16.9 Å². The Hall–Kier alpha value is -1.69. The van der Waals surface area contributed by atoms with Crippen molar-refractivity contribution in [3.63, 3.8) is 0 Å². The van der Waals surface area contributed by atoms with Crippen molar-refractivity contribution < 1.29 is 14.3 Å². The molecule has 0 saturated carbocycles. The minimum absolute atomic E-state index is 0.274. The molecule has 0 radical (unpaired) electrons. The number of aromatic nitrogens is 2. The Kier molecular flexibility index (Phi) is 3.45. The number of nitrogens with zero attached hydrogens (tertiary/aromatic N) is 2. The van der Waals surface area contributed by atoms with E-state index in [1.54, 1.807) is 38.2 Å². The highest BCUT2D eigenvalue weighted by molar-refractivity contribution is 9.10. The molecular formula is C13H12BrFN2O2. The van der Waals surface area contributed by atoms with Gasteiger partial charge in [-0.05, 0) is 41.9 Å². The summed E-state index contributed by atoms with van der Waals surface area (Å²) in [5.74, 6) is -1.41. The van der Waals surface area contributed by atoms with Gasteiger partial charge in [-0.2, -0.15) is 5.10 Å². The van der Waals surface area contributed by atoms with E-state index < -0.39 is 17.2 Å². The standard InChI is InChI=1S/C13H12BrFN2O2/c1-13(2,12(18)19)11-8(14)7-17(16-11)10-6-4-3-5-9(10)15/h3-7H,1-2H3,(H,18,19). The maximum atomic E-state index is 13.7. The molecule has 2 rings (SSSR count). The molecule has 1 aromatic heterocycles. The van der Waals surface area contributed by atoms with Crippen LogP contribution in [0.15, 0.2) is 34.9 Å². The van der Waals surface area contributed by atoms with Crippen molar-refractivity contribution in [1.29, 1.82) is 0 Å². The molecule has 2 aromatic rings. The molecule has 0 amide bonds. The minimum Gasteiger partial charge on any atom is -0.481 e. The monoisotopic (exact) mass is 326 g/mol. The number of benzene rings is 1. The molecule has 19 heavy (non-hydrogen) atoms. The van der Waals surface area contributed by atoms with Crippen molar-refractivity contribution in [2.24, 2.45) is 0 Å². The van der Waals surface area contributed by atoms with Gasteiger partial charge in [-0.25, -0.2) is 9.07 Å². The fourth-order valence-corrected chi connectivity index (χ4v) is 2.41. The van der Waals surface area contributed by atoms with E-state index >= 15 is 0 Å². The van der Waals surface area contributed by atoms with Gasteiger partial charge in [0.15, 0.2) is 0 Å². The Morgan fingerprint density at radius 1 is 1.42 bits per heavy atom. The predicted octanol–water partition coefficient (Wildman–Crippen LogP) is 3.14. The third-order valence-electron chi connectivity index (χ3n) is 2.90. The molecule has 1 N–H and O–H groups in total. The number of carbonyl (C=O) groups is 1. The van der Waals surface area contributed by atoms with E-state index in [0.717, 1.165) is 0 Å². The molecule has 0 bridgehead atoms. The lowest BCUT2D eigenvalue weighted by atomic mass is 9.90. The summed E-state index contributed by atoms with van der Waals surface area (Å²) in [5.41, 5.74) is -0.533. The highest BCUT2D eigenvalue weighted by Gasteiger charge is 2.34. The van der Waals surface area contributed by atoms with E-state index in [9.17, 15) is 14.3 Å². The maximum Gasteiger partial charge on any atom is 0.315 e. The summed E-state index contributed by atoms with van der Waals surface area (Å²) in [4.78, 5) is 11.2. The first-order valence-electron chi connectivity index (χ1n) is 5.58. The Morgan fingerprint density at radius 2 is 2.05 bits per heavy atom. The van der Waals surface area contributed by atoms with Crippen LogP contribution in [0.4, 0.5) is 4.39 Å². The molecular weight excluding hydrogens is 315 g/mol. The highest BCUT2D eigenvalue weighted by Crippen LogP contribution is 2.30. The lowest BCUT2D eigenvalue weighted by molar-refractivity contribution is -0.142. The van der Waals surface area contributed by atoms with Crippen LogP contribution in [-0.4, -0.2) is 20.9 Å². The fourth-order valence-electron chi connectivity index (χ4n) is 1.64. The van der Waals surface area contributed by atoms with Crippen molar-refractivity contribution >= 4 is 21.9 Å². The molecule has 0 unspecified atom stereocenters. The molecule has 1 aromatic carbocycles. The summed E-state index contributed by atoms with van der Waals surface area (Å²) in [5, 5.41) is 13.4. The van der Waals surface area contributed by atoms with Gasteiger partial charge in [-0.15, -0.1) is 0 Å². The quantitative estimate of drug-likeness (QED) is 0.942. The first-order chi connectivity index (χ1) is 8.84. The van der Waals surface area contributed by atoms with Crippen LogP contribution in [0.5, 0.6) is 0 Å². The molecule has 0 aliphatic carbocycles. The van der Waals surface area contributed by atoms with Gasteiger partial charge in [0, 0.05) is 6.20 Å². The summed E-state index contributed by atoms with van der Waals surface area (Å²) in [6.45, 7) is 3.10. The number of halogens is 2. The number of aliphatic carboxylic acids is 1. The Bertz CT molecular complexity index is 637. The van der Waals surface area contributed by atoms with Gasteiger partial charge in [0.05, 0.1) is 10.2 Å². The second-order valence-corrected chi connectivity index (χ2v) is 5.51. The van der Waals surface area contributed by atoms with Crippen molar-refractivity contribution in [1.82, 2.24) is 9.78 Å². The van der Waals surface area contributed by atoms with Gasteiger partial charge < -0.3 is 5.11 Å². The molecule has 100 valence electrons. The third-order valence-corrected chi connectivity index (χ3v) is 3.48. The van der Waals surface area contributed by atoms with Crippen LogP contribution < -0.4 is 0 Å². The average molecular weight is 327 g/mol. The zero-order valence-electron chi connectivity index (χ0n) is 10.4. The van der Waals surface area contributed by atoms with E-state index in [2.05, 4.69) is 21.0 Å².